The van der Waals surface area contributed by atoms with Crippen molar-refractivity contribution in [3.05, 3.63) is 35.6 Å². The highest BCUT2D eigenvalue weighted by Gasteiger charge is 2.24. The molecule has 0 aliphatic carbocycles. The van der Waals surface area contributed by atoms with Gasteiger partial charge in [-0.3, -0.25) is 0 Å². The van der Waals surface area contributed by atoms with E-state index >= 15 is 0 Å². The van der Waals surface area contributed by atoms with E-state index < -0.39 is 0 Å². The summed E-state index contributed by atoms with van der Waals surface area (Å²) in [7, 11) is 0. The Balaban J connectivity index is 2.06. The van der Waals surface area contributed by atoms with Crippen LogP contribution in [-0.2, 0) is 6.42 Å². The van der Waals surface area contributed by atoms with Gasteiger partial charge in [0.25, 0.3) is 0 Å². The molecular weight excluding hydrogens is 258 g/mol. The van der Waals surface area contributed by atoms with E-state index in [0.29, 0.717) is 6.04 Å². The van der Waals surface area contributed by atoms with Gasteiger partial charge in [0.1, 0.15) is 11.3 Å². The second-order valence-electron chi connectivity index (χ2n) is 7.12. The molecule has 1 aromatic carbocycles. The van der Waals surface area contributed by atoms with Crippen molar-refractivity contribution in [1.29, 1.82) is 0 Å². The van der Waals surface area contributed by atoms with Gasteiger partial charge >= 0.3 is 0 Å². The molecule has 0 aliphatic rings. The molecular formula is C19H29NO. The van der Waals surface area contributed by atoms with Crippen LogP contribution in [0.5, 0.6) is 0 Å². The predicted molar refractivity (Wildman–Crippen MR) is 90.8 cm³/mol. The Morgan fingerprint density at radius 1 is 1.24 bits per heavy atom. The van der Waals surface area contributed by atoms with Crippen LogP contribution >= 0.6 is 0 Å². The van der Waals surface area contributed by atoms with Gasteiger partial charge in [0, 0.05) is 17.8 Å². The summed E-state index contributed by atoms with van der Waals surface area (Å²) >= 11 is 0. The monoisotopic (exact) mass is 287 g/mol. The van der Waals surface area contributed by atoms with Crippen molar-refractivity contribution in [2.75, 3.05) is 6.54 Å². The molecule has 116 valence electrons. The number of hydrogen-bond donors (Lipinski definition) is 1. The van der Waals surface area contributed by atoms with Crippen LogP contribution in [0.25, 0.3) is 11.0 Å². The number of nitrogens with one attached hydrogen (secondary N) is 1. The van der Waals surface area contributed by atoms with E-state index in [1.54, 1.807) is 0 Å². The van der Waals surface area contributed by atoms with Gasteiger partial charge in [-0.25, -0.2) is 0 Å². The zero-order chi connectivity index (χ0) is 15.5. The highest BCUT2D eigenvalue weighted by atomic mass is 16.3. The fraction of sp³-hybridized carbons (Fsp3) is 0.579. The second kappa shape index (κ2) is 6.65. The summed E-state index contributed by atoms with van der Waals surface area (Å²) in [5.41, 5.74) is 2.54. The average Bonchev–Trinajstić information content (AvgIpc) is 2.81. The Hall–Kier alpha value is -1.28. The second-order valence-corrected chi connectivity index (χ2v) is 7.12. The maximum Gasteiger partial charge on any atom is 0.137 e. The van der Waals surface area contributed by atoms with Crippen LogP contribution in [0.3, 0.4) is 0 Å². The number of para-hydroxylation sites is 1. The van der Waals surface area contributed by atoms with Gasteiger partial charge in [0.05, 0.1) is 0 Å². The number of rotatable bonds is 6. The molecule has 2 rings (SSSR count). The van der Waals surface area contributed by atoms with E-state index in [0.717, 1.165) is 30.7 Å². The summed E-state index contributed by atoms with van der Waals surface area (Å²) in [5.74, 6) is 1.10. The molecule has 0 saturated heterocycles. The van der Waals surface area contributed by atoms with Gasteiger partial charge in [0.15, 0.2) is 0 Å². The molecule has 1 N–H and O–H groups in total. The normalized spacial score (nSPS) is 13.8. The van der Waals surface area contributed by atoms with Crippen molar-refractivity contribution in [1.82, 2.24) is 5.32 Å². The predicted octanol–water partition coefficient (Wildman–Crippen LogP) is 5.09. The molecule has 2 nitrogen and oxygen atoms in total. The fourth-order valence-electron chi connectivity index (χ4n) is 2.83. The lowest BCUT2D eigenvalue weighted by Gasteiger charge is -2.31. The number of benzene rings is 1. The third-order valence-corrected chi connectivity index (χ3v) is 4.16. The first-order valence-corrected chi connectivity index (χ1v) is 8.13. The van der Waals surface area contributed by atoms with Crippen LogP contribution < -0.4 is 5.32 Å². The largest absolute Gasteiger partial charge is 0.461 e. The smallest absolute Gasteiger partial charge is 0.137 e. The number of furan rings is 1. The Morgan fingerprint density at radius 3 is 2.62 bits per heavy atom. The maximum absolute atomic E-state index is 6.04. The van der Waals surface area contributed by atoms with Gasteiger partial charge in [-0.1, -0.05) is 45.9 Å². The number of hydrogen-bond acceptors (Lipinski definition) is 2. The molecule has 0 spiro atoms. The minimum Gasteiger partial charge on any atom is -0.461 e. The van der Waals surface area contributed by atoms with E-state index in [-0.39, 0.29) is 5.41 Å². The summed E-state index contributed by atoms with van der Waals surface area (Å²) in [6.45, 7) is 12.3. The van der Waals surface area contributed by atoms with Crippen molar-refractivity contribution in [2.24, 2.45) is 5.41 Å². The van der Waals surface area contributed by atoms with Gasteiger partial charge in [-0.15, -0.1) is 0 Å². The summed E-state index contributed by atoms with van der Waals surface area (Å²) in [5, 5.41) is 4.90. The summed E-state index contributed by atoms with van der Waals surface area (Å²) in [6, 6.07) is 9.05. The van der Waals surface area contributed by atoms with Crippen LogP contribution in [-0.4, -0.2) is 12.6 Å². The molecule has 21 heavy (non-hydrogen) atoms. The molecule has 0 amide bonds. The Bertz CT molecular complexity index is 577. The summed E-state index contributed by atoms with van der Waals surface area (Å²) in [6.07, 6.45) is 3.28. The quantitative estimate of drug-likeness (QED) is 0.800. The van der Waals surface area contributed by atoms with Crippen molar-refractivity contribution in [2.45, 2.75) is 59.9 Å². The first-order chi connectivity index (χ1) is 9.91. The van der Waals surface area contributed by atoms with E-state index in [2.05, 4.69) is 64.2 Å². The van der Waals surface area contributed by atoms with Crippen LogP contribution in [0.1, 0.15) is 51.9 Å². The summed E-state index contributed by atoms with van der Waals surface area (Å²) < 4.78 is 6.04. The van der Waals surface area contributed by atoms with Gasteiger partial charge in [-0.2, -0.15) is 0 Å². The van der Waals surface area contributed by atoms with Crippen molar-refractivity contribution in [3.8, 4) is 0 Å². The van der Waals surface area contributed by atoms with E-state index in [4.69, 9.17) is 4.42 Å². The van der Waals surface area contributed by atoms with Crippen molar-refractivity contribution in [3.63, 3.8) is 0 Å². The standard InChI is InChI=1S/C19H29NO/c1-6-12-20-17(19(3,4)5)11-10-16-13-15-9-7-8-14(2)18(15)21-16/h7-9,13,17,20H,6,10-12H2,1-5H3. The molecule has 1 aromatic heterocycles. The zero-order valence-corrected chi connectivity index (χ0v) is 14.1. The van der Waals surface area contributed by atoms with E-state index in [9.17, 15) is 0 Å². The maximum atomic E-state index is 6.04. The first-order valence-electron chi connectivity index (χ1n) is 8.13. The molecule has 0 aliphatic heterocycles. The lowest BCUT2D eigenvalue weighted by molar-refractivity contribution is 0.252. The van der Waals surface area contributed by atoms with Crippen LogP contribution in [0.15, 0.2) is 28.7 Å². The first kappa shape index (κ1) is 16.1. The SMILES string of the molecule is CCCNC(CCc1cc2cccc(C)c2o1)C(C)(C)C. The topological polar surface area (TPSA) is 25.2 Å². The summed E-state index contributed by atoms with van der Waals surface area (Å²) in [4.78, 5) is 0. The molecule has 0 radical (unpaired) electrons. The molecule has 2 aromatic rings. The van der Waals surface area contributed by atoms with Crippen LogP contribution in [0.2, 0.25) is 0 Å². The lowest BCUT2D eigenvalue weighted by Crippen LogP contribution is -2.41. The van der Waals surface area contributed by atoms with Gasteiger partial charge in [0.2, 0.25) is 0 Å². The minimum absolute atomic E-state index is 0.275. The van der Waals surface area contributed by atoms with Crippen molar-refractivity contribution < 1.29 is 4.42 Å². The minimum atomic E-state index is 0.275. The Morgan fingerprint density at radius 2 is 2.00 bits per heavy atom. The van der Waals surface area contributed by atoms with Gasteiger partial charge in [-0.05, 0) is 43.4 Å². The van der Waals surface area contributed by atoms with E-state index in [1.807, 2.05) is 0 Å². The third-order valence-electron chi connectivity index (χ3n) is 4.16. The lowest BCUT2D eigenvalue weighted by atomic mass is 9.83. The number of aryl methyl sites for hydroxylation is 2. The number of fused-ring (bicyclic) bond motifs is 1. The van der Waals surface area contributed by atoms with Crippen LogP contribution in [0.4, 0.5) is 0 Å². The zero-order valence-electron chi connectivity index (χ0n) is 14.1. The highest BCUT2D eigenvalue weighted by Crippen LogP contribution is 2.26. The molecule has 2 heteroatoms. The molecule has 1 heterocycles. The third kappa shape index (κ3) is 4.10. The molecule has 1 atom stereocenters. The fourth-order valence-corrected chi connectivity index (χ4v) is 2.83. The molecule has 0 saturated carbocycles. The Labute approximate surface area is 128 Å². The van der Waals surface area contributed by atoms with Gasteiger partial charge < -0.3 is 9.73 Å². The highest BCUT2D eigenvalue weighted by molar-refractivity contribution is 5.80. The van der Waals surface area contributed by atoms with Crippen LogP contribution in [0, 0.1) is 12.3 Å². The molecule has 1 unspecified atom stereocenters. The Kier molecular flexibility index (Phi) is 5.10. The molecule has 0 fully saturated rings. The van der Waals surface area contributed by atoms with E-state index in [1.165, 1.54) is 17.4 Å². The molecule has 0 bridgehead atoms. The van der Waals surface area contributed by atoms with Crippen molar-refractivity contribution >= 4 is 11.0 Å². The average molecular weight is 287 g/mol.